The molecule has 16 heavy (non-hydrogen) atoms. The van der Waals surface area contributed by atoms with Gasteiger partial charge in [-0.05, 0) is 11.6 Å². The Hall–Kier alpha value is -1.81. The van der Waals surface area contributed by atoms with Gasteiger partial charge in [-0.15, -0.1) is 0 Å². The van der Waals surface area contributed by atoms with E-state index in [1.54, 1.807) is 0 Å². The van der Waals surface area contributed by atoms with E-state index in [1.807, 2.05) is 24.3 Å². The Labute approximate surface area is 92.3 Å². The molecule has 1 aliphatic carbocycles. The van der Waals surface area contributed by atoms with Crippen molar-refractivity contribution in [2.24, 2.45) is 5.92 Å². The molecule has 0 spiro atoms. The molecule has 0 radical (unpaired) electrons. The highest BCUT2D eigenvalue weighted by Gasteiger charge is 2.28. The second kappa shape index (κ2) is 3.35. The van der Waals surface area contributed by atoms with E-state index in [9.17, 15) is 9.90 Å². The normalized spacial score (nSPS) is 22.4. The molecule has 1 unspecified atom stereocenters. The molecule has 0 amide bonds. The van der Waals surface area contributed by atoms with Crippen molar-refractivity contribution in [2.45, 2.75) is 6.42 Å². The third-order valence-electron chi connectivity index (χ3n) is 3.23. The summed E-state index contributed by atoms with van der Waals surface area (Å²) in [5.74, 6) is -0.542. The number of carboxylic acids is 1. The maximum atomic E-state index is 11.2. The van der Waals surface area contributed by atoms with Crippen LogP contribution in [0.3, 0.4) is 0 Å². The summed E-state index contributed by atoms with van der Waals surface area (Å²) < 4.78 is 0. The summed E-state index contributed by atoms with van der Waals surface area (Å²) in [6.07, 6.45) is 0.599. The number of benzene rings is 1. The molecule has 3 N–H and O–H groups in total. The highest BCUT2D eigenvalue weighted by atomic mass is 16.4. The van der Waals surface area contributed by atoms with Gasteiger partial charge in [0.05, 0.1) is 0 Å². The summed E-state index contributed by atoms with van der Waals surface area (Å²) in [5, 5.41) is 11.1. The minimum absolute atomic E-state index is 0.265. The fourth-order valence-corrected chi connectivity index (χ4v) is 2.48. The highest BCUT2D eigenvalue weighted by Crippen LogP contribution is 2.22. The fourth-order valence-electron chi connectivity index (χ4n) is 2.48. The van der Waals surface area contributed by atoms with Crippen LogP contribution < -0.4 is 21.3 Å². The summed E-state index contributed by atoms with van der Waals surface area (Å²) >= 11 is 0. The lowest BCUT2D eigenvalue weighted by Crippen LogP contribution is -2.39. The molecule has 4 nitrogen and oxygen atoms in total. The largest absolute Gasteiger partial charge is 0.478 e. The topological polar surface area (TPSA) is 61.4 Å². The van der Waals surface area contributed by atoms with Gasteiger partial charge >= 0.3 is 5.97 Å². The van der Waals surface area contributed by atoms with Gasteiger partial charge in [-0.1, -0.05) is 24.3 Å². The molecule has 3 rings (SSSR count). The van der Waals surface area contributed by atoms with Crippen LogP contribution in [0.15, 0.2) is 24.3 Å². The van der Waals surface area contributed by atoms with Crippen LogP contribution in [0, 0.1) is 5.92 Å². The predicted octanol–water partition coefficient (Wildman–Crippen LogP) is -0.842. The average Bonchev–Trinajstić information content (AvgIpc) is 2.75. The summed E-state index contributed by atoms with van der Waals surface area (Å²) in [6.45, 7) is 0.792. The monoisotopic (exact) mass is 216 g/mol. The van der Waals surface area contributed by atoms with E-state index in [-0.39, 0.29) is 5.92 Å². The second-order valence-electron chi connectivity index (χ2n) is 4.15. The number of fused-ring (bicyclic) bond motifs is 2. The number of rotatable bonds is 1. The van der Waals surface area contributed by atoms with Crippen LogP contribution in [-0.4, -0.2) is 17.6 Å². The molecular weight excluding hydrogens is 204 g/mol. The fraction of sp³-hybridized carbons (Fsp3) is 0.250. The SMILES string of the molecule is O=C(O)C1=c2ccccc2=C2NNCC2C1. The van der Waals surface area contributed by atoms with Crippen molar-refractivity contribution in [1.82, 2.24) is 10.9 Å². The van der Waals surface area contributed by atoms with E-state index in [4.69, 9.17) is 0 Å². The second-order valence-corrected chi connectivity index (χ2v) is 4.15. The molecule has 1 aliphatic heterocycles. The van der Waals surface area contributed by atoms with Crippen LogP contribution in [0.5, 0.6) is 0 Å². The van der Waals surface area contributed by atoms with Gasteiger partial charge in [0.2, 0.25) is 0 Å². The number of carboxylic acid groups (broad SMARTS) is 1. The minimum atomic E-state index is -0.807. The summed E-state index contributed by atoms with van der Waals surface area (Å²) in [4.78, 5) is 11.2. The zero-order chi connectivity index (χ0) is 11.1. The molecular formula is C12H12N2O2. The van der Waals surface area contributed by atoms with Crippen molar-refractivity contribution < 1.29 is 9.90 Å². The predicted molar refractivity (Wildman–Crippen MR) is 59.4 cm³/mol. The molecule has 1 atom stereocenters. The molecule has 1 saturated heterocycles. The highest BCUT2D eigenvalue weighted by molar-refractivity contribution is 6.09. The third kappa shape index (κ3) is 1.23. The molecule has 0 aromatic heterocycles. The Morgan fingerprint density at radius 3 is 2.81 bits per heavy atom. The van der Waals surface area contributed by atoms with Crippen molar-refractivity contribution in [3.8, 4) is 0 Å². The van der Waals surface area contributed by atoms with Gasteiger partial charge < -0.3 is 10.5 Å². The lowest BCUT2D eigenvalue weighted by atomic mass is 9.89. The van der Waals surface area contributed by atoms with E-state index in [2.05, 4.69) is 10.9 Å². The van der Waals surface area contributed by atoms with E-state index in [1.165, 1.54) is 0 Å². The molecule has 1 aromatic rings. The van der Waals surface area contributed by atoms with Crippen molar-refractivity contribution in [2.75, 3.05) is 6.54 Å². The molecule has 2 aliphatic rings. The van der Waals surface area contributed by atoms with Gasteiger partial charge in [0.1, 0.15) is 0 Å². The van der Waals surface area contributed by atoms with Crippen molar-refractivity contribution in [3.05, 3.63) is 34.7 Å². The molecule has 0 saturated carbocycles. The van der Waals surface area contributed by atoms with E-state index >= 15 is 0 Å². The maximum Gasteiger partial charge on any atom is 0.332 e. The summed E-state index contributed by atoms with van der Waals surface area (Å²) in [7, 11) is 0. The average molecular weight is 216 g/mol. The van der Waals surface area contributed by atoms with Crippen LogP contribution in [0.2, 0.25) is 0 Å². The molecule has 0 bridgehead atoms. The van der Waals surface area contributed by atoms with Gasteiger partial charge in [0.25, 0.3) is 0 Å². The Morgan fingerprint density at radius 1 is 1.31 bits per heavy atom. The van der Waals surface area contributed by atoms with Gasteiger partial charge in [0.15, 0.2) is 0 Å². The first-order chi connectivity index (χ1) is 7.77. The molecule has 1 heterocycles. The van der Waals surface area contributed by atoms with Crippen molar-refractivity contribution >= 4 is 17.2 Å². The summed E-state index contributed by atoms with van der Waals surface area (Å²) in [5.41, 5.74) is 7.85. The number of hydrogen-bond acceptors (Lipinski definition) is 3. The van der Waals surface area contributed by atoms with Crippen molar-refractivity contribution in [3.63, 3.8) is 0 Å². The lowest BCUT2D eigenvalue weighted by Gasteiger charge is -2.16. The lowest BCUT2D eigenvalue weighted by molar-refractivity contribution is -0.130. The Morgan fingerprint density at radius 2 is 2.06 bits per heavy atom. The van der Waals surface area contributed by atoms with Crippen LogP contribution in [0.1, 0.15) is 6.42 Å². The van der Waals surface area contributed by atoms with E-state index < -0.39 is 5.97 Å². The van der Waals surface area contributed by atoms with Crippen LogP contribution in [0.25, 0.3) is 11.3 Å². The number of nitrogens with one attached hydrogen (secondary N) is 2. The third-order valence-corrected chi connectivity index (χ3v) is 3.23. The standard InChI is InChI=1S/C12H12N2O2/c15-12(16)10-5-7-6-13-14-11(7)9-4-2-1-3-8(9)10/h1-4,7,13-14H,5-6H2,(H,15,16). The van der Waals surface area contributed by atoms with Crippen LogP contribution in [-0.2, 0) is 4.79 Å². The zero-order valence-electron chi connectivity index (χ0n) is 8.66. The number of carbonyl (C=O) groups is 1. The number of hydrogen-bond donors (Lipinski definition) is 3. The van der Waals surface area contributed by atoms with Crippen molar-refractivity contribution in [1.29, 1.82) is 0 Å². The first-order valence-corrected chi connectivity index (χ1v) is 5.32. The number of aliphatic carboxylic acids is 1. The van der Waals surface area contributed by atoms with Gasteiger partial charge in [0, 0.05) is 29.0 Å². The van der Waals surface area contributed by atoms with Gasteiger partial charge in [-0.2, -0.15) is 0 Å². The van der Waals surface area contributed by atoms with E-state index in [0.29, 0.717) is 12.0 Å². The molecule has 1 aromatic carbocycles. The smallest absolute Gasteiger partial charge is 0.332 e. The Kier molecular flexibility index (Phi) is 1.97. The maximum absolute atomic E-state index is 11.2. The van der Waals surface area contributed by atoms with Gasteiger partial charge in [-0.3, -0.25) is 0 Å². The van der Waals surface area contributed by atoms with Crippen LogP contribution >= 0.6 is 0 Å². The zero-order valence-corrected chi connectivity index (χ0v) is 8.66. The minimum Gasteiger partial charge on any atom is -0.478 e. The Bertz CT molecular complexity index is 577. The first kappa shape index (κ1) is 9.42. The quantitative estimate of drug-likeness (QED) is 0.573. The van der Waals surface area contributed by atoms with E-state index in [0.717, 1.165) is 22.7 Å². The molecule has 4 heteroatoms. The molecule has 1 fully saturated rings. The molecule has 82 valence electrons. The van der Waals surface area contributed by atoms with Gasteiger partial charge in [-0.25, -0.2) is 10.2 Å². The summed E-state index contributed by atoms with van der Waals surface area (Å²) in [6, 6.07) is 7.67. The first-order valence-electron chi connectivity index (χ1n) is 5.32. The Balaban J connectivity index is 2.41. The number of hydrazine groups is 1. The van der Waals surface area contributed by atoms with Crippen LogP contribution in [0.4, 0.5) is 0 Å².